The molecule has 3 aromatic rings. The van der Waals surface area contributed by atoms with Crippen molar-refractivity contribution in [2.24, 2.45) is 4.99 Å². The van der Waals surface area contributed by atoms with E-state index >= 15 is 0 Å². The number of ether oxygens (including phenoxy) is 1. The summed E-state index contributed by atoms with van der Waals surface area (Å²) in [7, 11) is 0. The lowest BCUT2D eigenvalue weighted by Gasteiger charge is -2.11. The molecule has 3 rings (SSSR count). The van der Waals surface area contributed by atoms with Gasteiger partial charge in [-0.05, 0) is 42.8 Å². The third-order valence-corrected chi connectivity index (χ3v) is 4.87. The minimum atomic E-state index is 0.829. The molecule has 0 saturated heterocycles. The van der Waals surface area contributed by atoms with E-state index < -0.39 is 0 Å². The van der Waals surface area contributed by atoms with Crippen molar-refractivity contribution in [2.45, 2.75) is 24.7 Å². The minimum absolute atomic E-state index is 0.829. The molecule has 0 aliphatic heterocycles. The van der Waals surface area contributed by atoms with Gasteiger partial charge in [0.1, 0.15) is 10.8 Å². The van der Waals surface area contributed by atoms with Crippen molar-refractivity contribution in [3.05, 3.63) is 103 Å². The van der Waals surface area contributed by atoms with Gasteiger partial charge in [-0.25, -0.2) is 4.99 Å². The molecule has 0 aromatic heterocycles. The number of aliphatic imine (C=N–C) groups is 1. The third-order valence-electron chi connectivity index (χ3n) is 3.82. The van der Waals surface area contributed by atoms with Crippen LogP contribution in [0.3, 0.4) is 0 Å². The quantitative estimate of drug-likeness (QED) is 0.188. The molecular formula is C24H23NOS. The van der Waals surface area contributed by atoms with Gasteiger partial charge in [0.25, 0.3) is 0 Å². The number of hydrogen-bond donors (Lipinski definition) is 0. The zero-order chi connectivity index (χ0) is 18.7. The first kappa shape index (κ1) is 19.0. The van der Waals surface area contributed by atoms with Crippen molar-refractivity contribution in [1.82, 2.24) is 0 Å². The second kappa shape index (κ2) is 10.4. The topological polar surface area (TPSA) is 21.6 Å². The predicted octanol–water partition coefficient (Wildman–Crippen LogP) is 7.27. The van der Waals surface area contributed by atoms with Crippen molar-refractivity contribution in [2.75, 3.05) is 0 Å². The van der Waals surface area contributed by atoms with Crippen LogP contribution in [0.25, 0.3) is 0 Å². The number of nitrogens with zero attached hydrogens (tertiary/aromatic N) is 1. The molecule has 0 unspecified atom stereocenters. The van der Waals surface area contributed by atoms with E-state index in [1.807, 2.05) is 85.1 Å². The molecule has 3 aromatic carbocycles. The highest BCUT2D eigenvalue weighted by Crippen LogP contribution is 2.28. The first-order valence-electron chi connectivity index (χ1n) is 9.13. The molecule has 0 heterocycles. The maximum Gasteiger partial charge on any atom is 0.126 e. The molecule has 0 aliphatic carbocycles. The third kappa shape index (κ3) is 6.15. The summed E-state index contributed by atoms with van der Waals surface area (Å²) in [6.45, 7) is 2.17. The van der Waals surface area contributed by atoms with E-state index in [0.29, 0.717) is 0 Å². The van der Waals surface area contributed by atoms with Gasteiger partial charge in [-0.15, -0.1) is 0 Å². The zero-order valence-electron chi connectivity index (χ0n) is 15.4. The van der Waals surface area contributed by atoms with Crippen molar-refractivity contribution < 1.29 is 4.74 Å². The molecule has 0 bridgehead atoms. The summed E-state index contributed by atoms with van der Waals surface area (Å²) in [5.41, 5.74) is 2.04. The van der Waals surface area contributed by atoms with Crippen molar-refractivity contribution in [3.8, 4) is 5.75 Å². The Kier molecular flexibility index (Phi) is 7.31. The number of thioether (sulfide) groups is 1. The Labute approximate surface area is 165 Å². The highest BCUT2D eigenvalue weighted by Gasteiger charge is 2.11. The molecule has 0 amide bonds. The molecule has 3 heteroatoms. The van der Waals surface area contributed by atoms with Gasteiger partial charge < -0.3 is 4.74 Å². The lowest BCUT2D eigenvalue weighted by molar-refractivity contribution is 0.476. The van der Waals surface area contributed by atoms with E-state index in [-0.39, 0.29) is 0 Å². The average molecular weight is 374 g/mol. The highest BCUT2D eigenvalue weighted by molar-refractivity contribution is 8.14. The van der Waals surface area contributed by atoms with E-state index in [1.165, 1.54) is 0 Å². The Bertz CT molecular complexity index is 874. The van der Waals surface area contributed by atoms with Crippen LogP contribution in [0.2, 0.25) is 0 Å². The van der Waals surface area contributed by atoms with Crippen LogP contribution < -0.4 is 4.74 Å². The minimum Gasteiger partial charge on any atom is -0.465 e. The molecule has 136 valence electrons. The molecule has 0 fully saturated rings. The summed E-state index contributed by atoms with van der Waals surface area (Å²) < 4.78 is 5.92. The first-order chi connectivity index (χ1) is 13.3. The summed E-state index contributed by atoms with van der Waals surface area (Å²) in [5, 5.41) is 0.963. The summed E-state index contributed by atoms with van der Waals surface area (Å²) in [4.78, 5) is 6.08. The van der Waals surface area contributed by atoms with Gasteiger partial charge in [0, 0.05) is 10.5 Å². The lowest BCUT2D eigenvalue weighted by atomic mass is 10.2. The van der Waals surface area contributed by atoms with E-state index in [1.54, 1.807) is 11.8 Å². The Balaban J connectivity index is 1.93. The van der Waals surface area contributed by atoms with Crippen molar-refractivity contribution in [1.29, 1.82) is 0 Å². The van der Waals surface area contributed by atoms with Gasteiger partial charge in [-0.1, -0.05) is 79.7 Å². The van der Waals surface area contributed by atoms with Crippen LogP contribution in [0.1, 0.15) is 19.8 Å². The first-order valence-corrected chi connectivity index (χ1v) is 9.94. The zero-order valence-corrected chi connectivity index (χ0v) is 16.2. The van der Waals surface area contributed by atoms with Crippen LogP contribution in [-0.4, -0.2) is 5.04 Å². The Hall–Kier alpha value is -2.78. The van der Waals surface area contributed by atoms with Crippen LogP contribution in [0.4, 0.5) is 5.69 Å². The van der Waals surface area contributed by atoms with Gasteiger partial charge in [-0.3, -0.25) is 0 Å². The Morgan fingerprint density at radius 1 is 0.852 bits per heavy atom. The van der Waals surface area contributed by atoms with E-state index in [2.05, 4.69) is 19.1 Å². The van der Waals surface area contributed by atoms with Crippen LogP contribution in [-0.2, 0) is 0 Å². The number of hydrogen-bond acceptors (Lipinski definition) is 3. The average Bonchev–Trinajstić information content (AvgIpc) is 2.73. The SMILES string of the molecule is CCC/C(=C\Oc1ccccc1)C(=Nc1ccccc1)Sc1ccccc1. The predicted molar refractivity (Wildman–Crippen MR) is 116 cm³/mol. The maximum absolute atomic E-state index is 5.92. The number of rotatable bonds is 7. The molecule has 0 saturated carbocycles. The fraction of sp³-hybridized carbons (Fsp3) is 0.125. The molecular weight excluding hydrogens is 350 g/mol. The molecule has 2 nitrogen and oxygen atoms in total. The summed E-state index contributed by atoms with van der Waals surface area (Å²) in [5.74, 6) is 0.829. The lowest BCUT2D eigenvalue weighted by Crippen LogP contribution is -2.01. The molecule has 0 aliphatic rings. The van der Waals surface area contributed by atoms with Gasteiger partial charge in [-0.2, -0.15) is 0 Å². The normalized spacial score (nSPS) is 12.0. The fourth-order valence-corrected chi connectivity index (χ4v) is 3.45. The number of para-hydroxylation sites is 2. The molecule has 0 radical (unpaired) electrons. The van der Waals surface area contributed by atoms with E-state index in [0.717, 1.165) is 39.8 Å². The fourth-order valence-electron chi connectivity index (χ4n) is 2.50. The van der Waals surface area contributed by atoms with Gasteiger partial charge >= 0.3 is 0 Å². The van der Waals surface area contributed by atoms with Crippen molar-refractivity contribution in [3.63, 3.8) is 0 Å². The van der Waals surface area contributed by atoms with E-state index in [4.69, 9.17) is 9.73 Å². The molecule has 0 spiro atoms. The molecule has 27 heavy (non-hydrogen) atoms. The van der Waals surface area contributed by atoms with Gasteiger partial charge in [0.15, 0.2) is 0 Å². The van der Waals surface area contributed by atoms with Crippen LogP contribution in [0.5, 0.6) is 5.75 Å². The summed E-state index contributed by atoms with van der Waals surface area (Å²) in [6, 6.07) is 30.2. The molecule has 0 atom stereocenters. The van der Waals surface area contributed by atoms with Crippen LogP contribution in [0.15, 0.2) is 113 Å². The monoisotopic (exact) mass is 373 g/mol. The Morgan fingerprint density at radius 2 is 1.44 bits per heavy atom. The van der Waals surface area contributed by atoms with Crippen molar-refractivity contribution >= 4 is 22.5 Å². The van der Waals surface area contributed by atoms with Gasteiger partial charge in [0.05, 0.1) is 11.9 Å². The van der Waals surface area contributed by atoms with Crippen LogP contribution >= 0.6 is 11.8 Å². The van der Waals surface area contributed by atoms with Crippen LogP contribution in [0, 0.1) is 0 Å². The molecule has 0 N–H and O–H groups in total. The standard InChI is InChI=1S/C24H23NOS/c1-2-12-20(19-26-22-15-8-4-9-16-22)24(25-21-13-6-3-7-14-21)27-23-17-10-5-11-18-23/h3-11,13-19H,2,12H2,1H3/b20-19+,25-24?. The smallest absolute Gasteiger partial charge is 0.126 e. The second-order valence-electron chi connectivity index (χ2n) is 5.99. The number of benzene rings is 3. The highest BCUT2D eigenvalue weighted by atomic mass is 32.2. The second-order valence-corrected chi connectivity index (χ2v) is 7.05. The summed E-state index contributed by atoms with van der Waals surface area (Å²) >= 11 is 1.67. The largest absolute Gasteiger partial charge is 0.465 e. The summed E-state index contributed by atoms with van der Waals surface area (Å²) in [6.07, 6.45) is 3.77. The Morgan fingerprint density at radius 3 is 2.07 bits per heavy atom. The van der Waals surface area contributed by atoms with Gasteiger partial charge in [0.2, 0.25) is 0 Å². The maximum atomic E-state index is 5.92. The van der Waals surface area contributed by atoms with E-state index in [9.17, 15) is 0 Å².